The van der Waals surface area contributed by atoms with E-state index >= 15 is 0 Å². The van der Waals surface area contributed by atoms with E-state index in [1.807, 2.05) is 0 Å². The van der Waals surface area contributed by atoms with E-state index in [0.717, 1.165) is 44.5 Å². The molecular formula is C22H33NO3. The second-order valence-electron chi connectivity index (χ2n) is 10.4. The summed E-state index contributed by atoms with van der Waals surface area (Å²) < 4.78 is 0. The number of ketones is 1. The number of aliphatic hydroxyl groups excluding tert-OH is 2. The van der Waals surface area contributed by atoms with Gasteiger partial charge in [-0.15, -0.1) is 0 Å². The van der Waals surface area contributed by atoms with Gasteiger partial charge in [-0.25, -0.2) is 0 Å². The molecule has 1 spiro atoms. The monoisotopic (exact) mass is 359 g/mol. The molecule has 6 rings (SSSR count). The van der Waals surface area contributed by atoms with Gasteiger partial charge < -0.3 is 10.2 Å². The Morgan fingerprint density at radius 3 is 2.81 bits per heavy atom. The third-order valence-corrected chi connectivity index (χ3v) is 9.46. The third-order valence-electron chi connectivity index (χ3n) is 9.46. The van der Waals surface area contributed by atoms with Gasteiger partial charge in [0.2, 0.25) is 0 Å². The average molecular weight is 360 g/mol. The molecule has 0 radical (unpaired) electrons. The molecule has 0 amide bonds. The summed E-state index contributed by atoms with van der Waals surface area (Å²) in [5.41, 5.74) is 0.663. The van der Waals surface area contributed by atoms with Crippen LogP contribution in [0.4, 0.5) is 0 Å². The maximum Gasteiger partial charge on any atom is 0.142 e. The van der Waals surface area contributed by atoms with E-state index in [0.29, 0.717) is 30.0 Å². The van der Waals surface area contributed by atoms with Crippen molar-refractivity contribution in [1.82, 2.24) is 4.90 Å². The van der Waals surface area contributed by atoms with Gasteiger partial charge in [-0.3, -0.25) is 9.69 Å². The lowest BCUT2D eigenvalue weighted by Gasteiger charge is -2.72. The largest absolute Gasteiger partial charge is 0.395 e. The van der Waals surface area contributed by atoms with Gasteiger partial charge in [-0.2, -0.15) is 0 Å². The number of nitrogens with zero attached hydrogens (tertiary/aromatic N) is 1. The molecule has 26 heavy (non-hydrogen) atoms. The minimum Gasteiger partial charge on any atom is -0.395 e. The highest BCUT2D eigenvalue weighted by Crippen LogP contribution is 2.72. The molecular weight excluding hydrogens is 326 g/mol. The van der Waals surface area contributed by atoms with Crippen LogP contribution in [0.5, 0.6) is 0 Å². The van der Waals surface area contributed by atoms with Gasteiger partial charge >= 0.3 is 0 Å². The van der Waals surface area contributed by atoms with Crippen molar-refractivity contribution in [1.29, 1.82) is 0 Å². The summed E-state index contributed by atoms with van der Waals surface area (Å²) in [6.07, 6.45) is 6.54. The molecule has 1 aliphatic heterocycles. The highest BCUT2D eigenvalue weighted by Gasteiger charge is 2.72. The fourth-order valence-electron chi connectivity index (χ4n) is 8.53. The van der Waals surface area contributed by atoms with E-state index in [1.54, 1.807) is 0 Å². The van der Waals surface area contributed by atoms with E-state index in [1.165, 1.54) is 19.3 Å². The third kappa shape index (κ3) is 1.89. The molecule has 1 heterocycles. The molecule has 0 aromatic carbocycles. The number of carbonyl (C=O) groups excluding carboxylic acids is 1. The van der Waals surface area contributed by atoms with Crippen molar-refractivity contribution >= 4 is 5.78 Å². The first-order valence-corrected chi connectivity index (χ1v) is 10.6. The Balaban J connectivity index is 1.64. The van der Waals surface area contributed by atoms with Crippen LogP contribution >= 0.6 is 0 Å². The number of hydrogen-bond donors (Lipinski definition) is 2. The first kappa shape index (κ1) is 17.4. The molecule has 7 atom stereocenters. The van der Waals surface area contributed by atoms with Gasteiger partial charge in [0, 0.05) is 26.1 Å². The summed E-state index contributed by atoms with van der Waals surface area (Å²) >= 11 is 0. The van der Waals surface area contributed by atoms with Crippen LogP contribution in [0.25, 0.3) is 0 Å². The van der Waals surface area contributed by atoms with Gasteiger partial charge in [0.1, 0.15) is 5.78 Å². The van der Waals surface area contributed by atoms with Crippen molar-refractivity contribution < 1.29 is 15.0 Å². The zero-order valence-electron chi connectivity index (χ0n) is 16.0. The molecule has 0 aromatic heterocycles. The topological polar surface area (TPSA) is 60.8 Å². The van der Waals surface area contributed by atoms with Crippen molar-refractivity contribution in [2.45, 2.75) is 58.0 Å². The number of hydrogen-bond acceptors (Lipinski definition) is 4. The predicted octanol–water partition coefficient (Wildman–Crippen LogP) is 2.39. The molecule has 4 nitrogen and oxygen atoms in total. The lowest BCUT2D eigenvalue weighted by atomic mass is 9.34. The van der Waals surface area contributed by atoms with Gasteiger partial charge in [-0.05, 0) is 66.3 Å². The first-order valence-electron chi connectivity index (χ1n) is 10.6. The minimum atomic E-state index is -0.635. The van der Waals surface area contributed by atoms with Crippen molar-refractivity contribution in [3.63, 3.8) is 0 Å². The molecule has 0 aromatic rings. The van der Waals surface area contributed by atoms with Crippen LogP contribution < -0.4 is 0 Å². The smallest absolute Gasteiger partial charge is 0.142 e. The van der Waals surface area contributed by atoms with Gasteiger partial charge in [0.15, 0.2) is 0 Å². The van der Waals surface area contributed by atoms with Crippen LogP contribution in [0.3, 0.4) is 0 Å². The average Bonchev–Trinajstić information content (AvgIpc) is 2.60. The summed E-state index contributed by atoms with van der Waals surface area (Å²) in [5, 5.41) is 20.7. The molecule has 5 saturated carbocycles. The summed E-state index contributed by atoms with van der Waals surface area (Å²) in [4.78, 5) is 16.0. The summed E-state index contributed by atoms with van der Waals surface area (Å²) in [6, 6.07) is 0. The Kier molecular flexibility index (Phi) is 3.63. The Bertz CT molecular complexity index is 662. The van der Waals surface area contributed by atoms with Crippen LogP contribution in [-0.2, 0) is 4.79 Å². The number of carbonyl (C=O) groups is 1. The highest BCUT2D eigenvalue weighted by atomic mass is 16.3. The zero-order valence-corrected chi connectivity index (χ0v) is 16.0. The van der Waals surface area contributed by atoms with Crippen LogP contribution in [0.1, 0.15) is 51.9 Å². The minimum absolute atomic E-state index is 0.134. The number of β-amino-alcohol motifs (C(OH)–C–C–N with tert-alkyl or cyclic N) is 1. The van der Waals surface area contributed by atoms with Crippen LogP contribution in [0.15, 0.2) is 12.2 Å². The molecule has 2 N–H and O–H groups in total. The van der Waals surface area contributed by atoms with Crippen molar-refractivity contribution in [3.8, 4) is 0 Å². The molecule has 4 heteroatoms. The molecule has 0 unspecified atom stereocenters. The Morgan fingerprint density at radius 2 is 2.04 bits per heavy atom. The van der Waals surface area contributed by atoms with E-state index in [2.05, 4.69) is 18.4 Å². The lowest BCUT2D eigenvalue weighted by molar-refractivity contribution is -0.230. The van der Waals surface area contributed by atoms with Gasteiger partial charge in [0.25, 0.3) is 0 Å². The Labute approximate surface area is 156 Å². The Morgan fingerprint density at radius 1 is 1.23 bits per heavy atom. The van der Waals surface area contributed by atoms with E-state index in [9.17, 15) is 15.0 Å². The SMILES string of the molecule is C=C1[C@@H]2CC[C@]3(C(=O)C[C@@H]4[C@]5(C)CCC[C@@]4(CN(CCO)C5)[C@@H]3C2)[C@@H]1O. The maximum absolute atomic E-state index is 13.5. The molecule has 6 fully saturated rings. The summed E-state index contributed by atoms with van der Waals surface area (Å²) in [6.45, 7) is 9.52. The number of piperidine rings is 1. The molecule has 6 aliphatic rings. The van der Waals surface area contributed by atoms with Crippen LogP contribution in [0, 0.1) is 34.0 Å². The zero-order chi connectivity index (χ0) is 18.3. The fourth-order valence-corrected chi connectivity index (χ4v) is 8.53. The number of likely N-dealkylation sites (tertiary alicyclic amines) is 1. The second-order valence-corrected chi connectivity index (χ2v) is 10.4. The standard InChI is InChI=1S/C22H33NO3/c1-14-15-4-7-22(19(14)26)17(10-15)21-6-3-5-20(2,16(21)11-18(22)25)12-23(13-21)8-9-24/h15-17,19,24,26H,1,3-13H2,2H3/t15-,16-,17+,19-,20-,21+,22+/m1/s1. The number of aliphatic hydroxyl groups is 2. The maximum atomic E-state index is 13.5. The normalized spacial score (nSPS) is 53.3. The second kappa shape index (κ2) is 5.42. The molecule has 1 saturated heterocycles. The summed E-state index contributed by atoms with van der Waals surface area (Å²) in [7, 11) is 0. The first-order chi connectivity index (χ1) is 12.4. The quantitative estimate of drug-likeness (QED) is 0.743. The van der Waals surface area contributed by atoms with Crippen molar-refractivity contribution in [2.75, 3.05) is 26.2 Å². The fraction of sp³-hybridized carbons (Fsp3) is 0.864. The predicted molar refractivity (Wildman–Crippen MR) is 99.4 cm³/mol. The van der Waals surface area contributed by atoms with E-state index in [-0.39, 0.29) is 17.4 Å². The summed E-state index contributed by atoms with van der Waals surface area (Å²) in [5.74, 6) is 1.46. The highest BCUT2D eigenvalue weighted by molar-refractivity contribution is 5.88. The number of rotatable bonds is 2. The Hall–Kier alpha value is -0.710. The van der Waals surface area contributed by atoms with Crippen LogP contribution in [0.2, 0.25) is 0 Å². The number of fused-ring (bicyclic) bond motifs is 2. The van der Waals surface area contributed by atoms with E-state index in [4.69, 9.17) is 0 Å². The molecule has 4 bridgehead atoms. The van der Waals surface area contributed by atoms with Crippen molar-refractivity contribution in [3.05, 3.63) is 12.2 Å². The van der Waals surface area contributed by atoms with Gasteiger partial charge in [0.05, 0.1) is 18.1 Å². The number of Topliss-reactive ketones (excluding diaryl/α,β-unsaturated/α-hetero) is 1. The van der Waals surface area contributed by atoms with Crippen LogP contribution in [-0.4, -0.2) is 53.2 Å². The molecule has 5 aliphatic carbocycles. The van der Waals surface area contributed by atoms with Crippen molar-refractivity contribution in [2.24, 2.45) is 34.0 Å². The van der Waals surface area contributed by atoms with Gasteiger partial charge in [-0.1, -0.05) is 19.9 Å². The lowest BCUT2D eigenvalue weighted by Crippen LogP contribution is -2.73. The molecule has 144 valence electrons. The van der Waals surface area contributed by atoms with E-state index < -0.39 is 11.5 Å².